The third kappa shape index (κ3) is 3.89. The van der Waals surface area contributed by atoms with E-state index in [2.05, 4.69) is 122 Å². The Bertz CT molecular complexity index is 821. The van der Waals surface area contributed by atoms with Crippen LogP contribution in [0.1, 0.15) is 18.1 Å². The van der Waals surface area contributed by atoms with Gasteiger partial charge in [0, 0.05) is 0 Å². The number of benzene rings is 3. The summed E-state index contributed by atoms with van der Waals surface area (Å²) in [5.74, 6) is 0. The lowest BCUT2D eigenvalue weighted by molar-refractivity contribution is 1.46. The van der Waals surface area contributed by atoms with E-state index >= 15 is 0 Å². The van der Waals surface area contributed by atoms with Gasteiger partial charge in [-0.1, -0.05) is 114 Å². The van der Waals surface area contributed by atoms with Gasteiger partial charge in [0.1, 0.15) is 0 Å². The van der Waals surface area contributed by atoms with E-state index in [0.29, 0.717) is 0 Å². The first kappa shape index (κ1) is 17.2. The molecule has 124 valence electrons. The molecule has 0 heterocycles. The van der Waals surface area contributed by atoms with E-state index in [-0.39, 0.29) is 0 Å². The first-order chi connectivity index (χ1) is 12.2. The zero-order chi connectivity index (χ0) is 17.5. The minimum absolute atomic E-state index is 1.26. The van der Waals surface area contributed by atoms with E-state index in [1.54, 1.807) is 0 Å². The Morgan fingerprint density at radius 1 is 0.680 bits per heavy atom. The van der Waals surface area contributed by atoms with E-state index < -0.39 is 8.07 Å². The molecule has 0 aliphatic rings. The lowest BCUT2D eigenvalue weighted by Gasteiger charge is -2.26. The van der Waals surface area contributed by atoms with Crippen LogP contribution in [-0.4, -0.2) is 8.07 Å². The van der Waals surface area contributed by atoms with Gasteiger partial charge in [-0.25, -0.2) is 0 Å². The smallest absolute Gasteiger partial charge is 0.0945 e. The van der Waals surface area contributed by atoms with Crippen LogP contribution in [-0.2, 0) is 0 Å². The molecule has 3 aromatic rings. The Morgan fingerprint density at radius 3 is 1.80 bits per heavy atom. The highest BCUT2D eigenvalue weighted by Crippen LogP contribution is 2.14. The number of aryl methyl sites for hydroxylation is 1. The Hall–Kier alpha value is -2.64. The molecule has 0 N–H and O–H groups in total. The van der Waals surface area contributed by atoms with Crippen molar-refractivity contribution >= 4 is 24.5 Å². The van der Waals surface area contributed by atoms with E-state index in [0.717, 1.165) is 0 Å². The van der Waals surface area contributed by atoms with Crippen LogP contribution in [0.15, 0.2) is 102 Å². The fourth-order valence-corrected chi connectivity index (χ4v) is 6.98. The fraction of sp³-hybridized carbons (Fsp3) is 0.0833. The Balaban J connectivity index is 2.17. The highest BCUT2D eigenvalue weighted by atomic mass is 28.3. The van der Waals surface area contributed by atoms with E-state index in [4.69, 9.17) is 0 Å². The summed E-state index contributed by atoms with van der Waals surface area (Å²) in [7, 11) is -2.11. The van der Waals surface area contributed by atoms with Crippen LogP contribution in [0.25, 0.3) is 6.08 Å². The normalized spacial score (nSPS) is 12.1. The summed E-state index contributed by atoms with van der Waals surface area (Å²) in [5, 5.41) is 2.81. The molecule has 0 fully saturated rings. The third-order valence-electron chi connectivity index (χ3n) is 4.51. The van der Waals surface area contributed by atoms with Crippen molar-refractivity contribution in [2.45, 2.75) is 13.8 Å². The molecule has 0 spiro atoms. The molecule has 25 heavy (non-hydrogen) atoms. The standard InChI is InChI=1S/C24H24Si/c1-3-18-25(23-13-6-4-7-14-23,24-15-8-5-9-16-24)19-17-22-12-10-11-21(2)20-22/h3-20H,1-2H3. The van der Waals surface area contributed by atoms with Crippen LogP contribution in [0.2, 0.25) is 0 Å². The summed E-state index contributed by atoms with van der Waals surface area (Å²) in [6, 6.07) is 30.5. The summed E-state index contributed by atoms with van der Waals surface area (Å²) in [4.78, 5) is 0. The summed E-state index contributed by atoms with van der Waals surface area (Å²) in [5.41, 5.74) is 7.42. The largest absolute Gasteiger partial charge is 0.164 e. The molecule has 0 nitrogen and oxygen atoms in total. The molecular formula is C24H24Si. The van der Waals surface area contributed by atoms with Gasteiger partial charge in [-0.2, -0.15) is 0 Å². The van der Waals surface area contributed by atoms with Crippen LogP contribution < -0.4 is 10.4 Å². The molecule has 0 aromatic heterocycles. The van der Waals surface area contributed by atoms with Gasteiger partial charge < -0.3 is 0 Å². The maximum absolute atomic E-state index is 2.45. The maximum atomic E-state index is 2.45. The van der Waals surface area contributed by atoms with Gasteiger partial charge in [-0.3, -0.25) is 0 Å². The molecule has 0 atom stereocenters. The zero-order valence-corrected chi connectivity index (χ0v) is 15.9. The summed E-state index contributed by atoms with van der Waals surface area (Å²) < 4.78 is 0. The summed E-state index contributed by atoms with van der Waals surface area (Å²) >= 11 is 0. The van der Waals surface area contributed by atoms with E-state index in [1.165, 1.54) is 21.5 Å². The van der Waals surface area contributed by atoms with Crippen LogP contribution >= 0.6 is 0 Å². The molecule has 0 unspecified atom stereocenters. The fourth-order valence-electron chi connectivity index (χ4n) is 3.30. The Kier molecular flexibility index (Phi) is 5.47. The van der Waals surface area contributed by atoms with Gasteiger partial charge in [0.15, 0.2) is 8.07 Å². The Labute approximate surface area is 152 Å². The minimum Gasteiger partial charge on any atom is -0.0945 e. The minimum atomic E-state index is -2.11. The molecule has 0 aliphatic carbocycles. The molecule has 0 saturated carbocycles. The summed E-state index contributed by atoms with van der Waals surface area (Å²) in [6.45, 7) is 4.26. The maximum Gasteiger partial charge on any atom is 0.164 e. The van der Waals surface area contributed by atoms with Gasteiger partial charge >= 0.3 is 0 Å². The van der Waals surface area contributed by atoms with Crippen LogP contribution in [0, 0.1) is 6.92 Å². The number of allylic oxidation sites excluding steroid dienone is 1. The lowest BCUT2D eigenvalue weighted by Crippen LogP contribution is -2.55. The molecule has 0 radical (unpaired) electrons. The van der Waals surface area contributed by atoms with Crippen molar-refractivity contribution < 1.29 is 0 Å². The van der Waals surface area contributed by atoms with Crippen molar-refractivity contribution in [3.63, 3.8) is 0 Å². The topological polar surface area (TPSA) is 0 Å². The van der Waals surface area contributed by atoms with Crippen LogP contribution in [0.4, 0.5) is 0 Å². The highest BCUT2D eigenvalue weighted by molar-refractivity contribution is 7.09. The predicted octanol–water partition coefficient (Wildman–Crippen LogP) is 4.93. The molecule has 3 rings (SSSR count). The molecule has 0 amide bonds. The Morgan fingerprint density at radius 2 is 1.28 bits per heavy atom. The van der Waals surface area contributed by atoms with Gasteiger partial charge in [0.25, 0.3) is 0 Å². The SMILES string of the molecule is CC=C[Si](C=Cc1cccc(C)c1)(c1ccccc1)c1ccccc1. The van der Waals surface area contributed by atoms with Crippen molar-refractivity contribution in [3.8, 4) is 0 Å². The first-order valence-electron chi connectivity index (χ1n) is 8.75. The zero-order valence-electron chi connectivity index (χ0n) is 14.9. The van der Waals surface area contributed by atoms with Crippen molar-refractivity contribution in [2.75, 3.05) is 0 Å². The molecule has 0 aliphatic heterocycles. The van der Waals surface area contributed by atoms with Crippen molar-refractivity contribution in [1.29, 1.82) is 0 Å². The number of hydrogen-bond acceptors (Lipinski definition) is 0. The quantitative estimate of drug-likeness (QED) is 0.578. The monoisotopic (exact) mass is 340 g/mol. The van der Waals surface area contributed by atoms with Crippen molar-refractivity contribution in [2.24, 2.45) is 0 Å². The predicted molar refractivity (Wildman–Crippen MR) is 113 cm³/mol. The molecular weight excluding hydrogens is 316 g/mol. The molecule has 3 aromatic carbocycles. The number of hydrogen-bond donors (Lipinski definition) is 0. The lowest BCUT2D eigenvalue weighted by atomic mass is 10.1. The van der Waals surface area contributed by atoms with Gasteiger partial charge in [0.05, 0.1) is 0 Å². The number of rotatable bonds is 5. The van der Waals surface area contributed by atoms with E-state index in [1.807, 2.05) is 0 Å². The molecule has 1 heteroatoms. The van der Waals surface area contributed by atoms with E-state index in [9.17, 15) is 0 Å². The van der Waals surface area contributed by atoms with Gasteiger partial charge in [-0.05, 0) is 29.8 Å². The highest BCUT2D eigenvalue weighted by Gasteiger charge is 2.31. The first-order valence-corrected chi connectivity index (χ1v) is 10.9. The van der Waals surface area contributed by atoms with Crippen LogP contribution in [0.3, 0.4) is 0 Å². The van der Waals surface area contributed by atoms with Gasteiger partial charge in [0.2, 0.25) is 0 Å². The van der Waals surface area contributed by atoms with Crippen LogP contribution in [0.5, 0.6) is 0 Å². The summed E-state index contributed by atoms with van der Waals surface area (Å²) in [6.07, 6.45) is 4.49. The second-order valence-electron chi connectivity index (χ2n) is 6.35. The third-order valence-corrected chi connectivity index (χ3v) is 8.64. The molecule has 0 bridgehead atoms. The van der Waals surface area contributed by atoms with Gasteiger partial charge in [-0.15, -0.1) is 0 Å². The second kappa shape index (κ2) is 7.95. The van der Waals surface area contributed by atoms with Crippen molar-refractivity contribution in [3.05, 3.63) is 114 Å². The average molecular weight is 341 g/mol. The average Bonchev–Trinajstić information content (AvgIpc) is 2.67. The van der Waals surface area contributed by atoms with Crippen molar-refractivity contribution in [1.82, 2.24) is 0 Å². The molecule has 0 saturated heterocycles. The second-order valence-corrected chi connectivity index (χ2v) is 9.91.